The molecule has 7 nitrogen and oxygen atoms in total. The molecule has 0 unspecified atom stereocenters. The van der Waals surface area contributed by atoms with Crippen LogP contribution < -0.4 is 4.90 Å². The maximum Gasteiger partial charge on any atom is 0.416 e. The smallest absolute Gasteiger partial charge is 0.292 e. The van der Waals surface area contributed by atoms with E-state index in [-0.39, 0.29) is 53.6 Å². The molecule has 3 heterocycles. The molecule has 0 bridgehead atoms. The summed E-state index contributed by atoms with van der Waals surface area (Å²) in [6, 6.07) is 19.1. The van der Waals surface area contributed by atoms with Crippen LogP contribution >= 0.6 is 0 Å². The molecule has 0 radical (unpaired) electrons. The second-order valence-electron chi connectivity index (χ2n) is 10.9. The lowest BCUT2D eigenvalue weighted by atomic mass is 9.96. The van der Waals surface area contributed by atoms with E-state index < -0.39 is 11.7 Å². The normalized spacial score (nSPS) is 15.9. The van der Waals surface area contributed by atoms with Crippen molar-refractivity contribution in [3.05, 3.63) is 125 Å². The fourth-order valence-electron chi connectivity index (χ4n) is 5.88. The molecule has 12 heteroatoms. The van der Waals surface area contributed by atoms with Crippen molar-refractivity contribution in [1.82, 2.24) is 19.6 Å². The number of carbonyl (C=O) groups is 1. The Morgan fingerprint density at radius 2 is 1.53 bits per heavy atom. The van der Waals surface area contributed by atoms with E-state index >= 15 is 0 Å². The molecule has 0 atom stereocenters. The van der Waals surface area contributed by atoms with Gasteiger partial charge in [-0.25, -0.2) is 13.5 Å². The molecule has 1 aromatic heterocycles. The first-order chi connectivity index (χ1) is 21.6. The van der Waals surface area contributed by atoms with Gasteiger partial charge in [-0.05, 0) is 53.6 Å². The summed E-state index contributed by atoms with van der Waals surface area (Å²) in [4.78, 5) is 19.2. The summed E-state index contributed by atoms with van der Waals surface area (Å²) in [6.07, 6.45) is -1.60. The molecule has 6 rings (SSSR count). The van der Waals surface area contributed by atoms with Crippen LogP contribution in [-0.2, 0) is 11.0 Å². The van der Waals surface area contributed by atoms with Crippen molar-refractivity contribution >= 4 is 17.4 Å². The van der Waals surface area contributed by atoms with Gasteiger partial charge >= 0.3 is 6.18 Å². The number of fused-ring (bicyclic) bond motifs is 1. The maximum absolute atomic E-state index is 13.7. The van der Waals surface area contributed by atoms with Crippen LogP contribution in [0.1, 0.15) is 33.9 Å². The minimum Gasteiger partial charge on any atom is -0.292 e. The lowest BCUT2D eigenvalue weighted by Crippen LogP contribution is -2.51. The number of nitriles is 1. The molecular weight excluding hydrogens is 591 g/mol. The number of aromatic nitrogens is 2. The van der Waals surface area contributed by atoms with Gasteiger partial charge in [0.2, 0.25) is 5.91 Å². The summed E-state index contributed by atoms with van der Waals surface area (Å²) in [7, 11) is 0. The maximum atomic E-state index is 13.7. The fourth-order valence-corrected chi connectivity index (χ4v) is 5.88. The van der Waals surface area contributed by atoms with Crippen molar-refractivity contribution in [2.24, 2.45) is 0 Å². The average molecular weight is 619 g/mol. The third-order valence-electron chi connectivity index (χ3n) is 8.10. The Kier molecular flexibility index (Phi) is 8.22. The van der Waals surface area contributed by atoms with Crippen LogP contribution in [0, 0.1) is 23.0 Å². The first kappa shape index (κ1) is 30.2. The highest BCUT2D eigenvalue weighted by molar-refractivity contribution is 5.97. The Hall–Kier alpha value is -4.86. The summed E-state index contributed by atoms with van der Waals surface area (Å²) in [5.41, 5.74) is 1.66. The molecule has 0 aliphatic carbocycles. The molecule has 0 spiro atoms. The van der Waals surface area contributed by atoms with E-state index in [4.69, 9.17) is 0 Å². The third-order valence-corrected chi connectivity index (χ3v) is 8.10. The Bertz CT molecular complexity index is 1720. The largest absolute Gasteiger partial charge is 0.416 e. The number of amides is 1. The summed E-state index contributed by atoms with van der Waals surface area (Å²) in [5, 5.41) is 14.0. The zero-order valence-corrected chi connectivity index (χ0v) is 23.9. The number of hydrogen-bond acceptors (Lipinski definition) is 5. The van der Waals surface area contributed by atoms with E-state index in [2.05, 4.69) is 10.00 Å². The number of hydrogen-bond donors (Lipinski definition) is 0. The predicted molar refractivity (Wildman–Crippen MR) is 157 cm³/mol. The Balaban J connectivity index is 1.18. The van der Waals surface area contributed by atoms with Gasteiger partial charge in [0.05, 0.1) is 30.0 Å². The van der Waals surface area contributed by atoms with Crippen LogP contribution in [0.3, 0.4) is 0 Å². The molecule has 0 saturated carbocycles. The molecule has 1 amide bonds. The Morgan fingerprint density at radius 1 is 0.911 bits per heavy atom. The number of halogens is 5. The van der Waals surface area contributed by atoms with E-state index in [0.29, 0.717) is 31.9 Å². The highest BCUT2D eigenvalue weighted by atomic mass is 19.4. The molecule has 45 heavy (non-hydrogen) atoms. The van der Waals surface area contributed by atoms with Crippen LogP contribution in [0.5, 0.6) is 0 Å². The minimum atomic E-state index is -4.53. The SMILES string of the molecule is N#Cc1cnn2c1N(C(=O)CN1CCN(C(c3ccc(F)cc3)c3ccc(F)cc3)CC1)CC=C2c1cccc(C(F)(F)F)c1. The van der Waals surface area contributed by atoms with Gasteiger partial charge in [-0.2, -0.15) is 23.5 Å². The van der Waals surface area contributed by atoms with Gasteiger partial charge in [0, 0.05) is 38.3 Å². The molecule has 4 aromatic rings. The lowest BCUT2D eigenvalue weighted by Gasteiger charge is -2.40. The van der Waals surface area contributed by atoms with Crippen molar-refractivity contribution in [1.29, 1.82) is 5.26 Å². The van der Waals surface area contributed by atoms with E-state index in [1.54, 1.807) is 30.3 Å². The molecule has 1 fully saturated rings. The highest BCUT2D eigenvalue weighted by Crippen LogP contribution is 2.35. The van der Waals surface area contributed by atoms with Gasteiger partial charge < -0.3 is 0 Å². The first-order valence-electron chi connectivity index (χ1n) is 14.3. The molecule has 3 aromatic carbocycles. The molecule has 2 aliphatic heterocycles. The first-order valence-corrected chi connectivity index (χ1v) is 14.3. The molecule has 0 N–H and O–H groups in total. The van der Waals surface area contributed by atoms with Crippen molar-refractivity contribution in [3.63, 3.8) is 0 Å². The van der Waals surface area contributed by atoms with Crippen molar-refractivity contribution in [3.8, 4) is 6.07 Å². The molecule has 1 saturated heterocycles. The van der Waals surface area contributed by atoms with E-state index in [9.17, 15) is 32.0 Å². The van der Waals surface area contributed by atoms with Crippen molar-refractivity contribution in [2.75, 3.05) is 44.2 Å². The van der Waals surface area contributed by atoms with Crippen molar-refractivity contribution in [2.45, 2.75) is 12.2 Å². The summed E-state index contributed by atoms with van der Waals surface area (Å²) < 4.78 is 68.8. The zero-order valence-electron chi connectivity index (χ0n) is 23.9. The predicted octanol–water partition coefficient (Wildman–Crippen LogP) is 5.69. The number of carbonyl (C=O) groups excluding carboxylic acids is 1. The number of benzene rings is 3. The number of anilines is 1. The van der Waals surface area contributed by atoms with Crippen LogP contribution in [0.4, 0.5) is 27.8 Å². The monoisotopic (exact) mass is 618 g/mol. The summed E-state index contributed by atoms with van der Waals surface area (Å²) >= 11 is 0. The van der Waals surface area contributed by atoms with Gasteiger partial charge in [0.1, 0.15) is 23.3 Å². The molecule has 2 aliphatic rings. The Morgan fingerprint density at radius 3 is 2.11 bits per heavy atom. The van der Waals surface area contributed by atoms with E-state index in [0.717, 1.165) is 23.3 Å². The number of nitrogens with zero attached hydrogens (tertiary/aromatic N) is 6. The topological polar surface area (TPSA) is 68.4 Å². The Labute approximate surface area is 256 Å². The van der Waals surface area contributed by atoms with E-state index in [1.807, 2.05) is 11.0 Å². The van der Waals surface area contributed by atoms with E-state index in [1.165, 1.54) is 52.2 Å². The second kappa shape index (κ2) is 12.3. The van der Waals surface area contributed by atoms with Gasteiger partial charge in [0.25, 0.3) is 0 Å². The lowest BCUT2D eigenvalue weighted by molar-refractivity contribution is -0.137. The summed E-state index contributed by atoms with van der Waals surface area (Å²) in [6.45, 7) is 2.33. The fraction of sp³-hybridized carbons (Fsp3) is 0.242. The molecule has 230 valence electrons. The minimum absolute atomic E-state index is 0.0500. The van der Waals surface area contributed by atoms with Crippen LogP contribution in [0.2, 0.25) is 0 Å². The molecular formula is C33H27F5N6O. The van der Waals surface area contributed by atoms with Crippen LogP contribution in [0.15, 0.2) is 85.1 Å². The van der Waals surface area contributed by atoms with Crippen LogP contribution in [-0.4, -0.2) is 64.8 Å². The van der Waals surface area contributed by atoms with Crippen molar-refractivity contribution < 1.29 is 26.7 Å². The van der Waals surface area contributed by atoms with Gasteiger partial charge in [-0.3, -0.25) is 19.5 Å². The van der Waals surface area contributed by atoms with Crippen LogP contribution in [0.25, 0.3) is 5.70 Å². The second-order valence-corrected chi connectivity index (χ2v) is 10.9. The summed E-state index contributed by atoms with van der Waals surface area (Å²) in [5.74, 6) is -0.774. The van der Waals surface area contributed by atoms with Gasteiger partial charge in [-0.1, -0.05) is 36.4 Å². The zero-order chi connectivity index (χ0) is 31.7. The highest BCUT2D eigenvalue weighted by Gasteiger charge is 2.34. The quantitative estimate of drug-likeness (QED) is 0.260. The average Bonchev–Trinajstić information content (AvgIpc) is 3.47. The standard InChI is InChI=1S/C33H27F5N6O/c34-27-8-4-22(5-9-27)31(23-6-10-28(35)11-7-23)42-16-14-41(15-17-42)21-30(45)43-13-12-29(44-32(43)25(19-39)20-40-44)24-2-1-3-26(18-24)33(36,37)38/h1-12,18,20,31H,13-17,21H2. The number of alkyl halides is 3. The van der Waals surface area contributed by atoms with Gasteiger partial charge in [-0.15, -0.1) is 0 Å². The number of piperazine rings is 1. The third kappa shape index (κ3) is 6.22. The number of rotatable bonds is 6. The van der Waals surface area contributed by atoms with Gasteiger partial charge in [0.15, 0.2) is 5.82 Å².